The van der Waals surface area contributed by atoms with Crippen LogP contribution in [-0.2, 0) is 0 Å². The number of rotatable bonds is 5. The van der Waals surface area contributed by atoms with E-state index in [0.717, 1.165) is 17.8 Å². The van der Waals surface area contributed by atoms with Crippen molar-refractivity contribution in [2.45, 2.75) is 57.8 Å². The van der Waals surface area contributed by atoms with Gasteiger partial charge in [-0.05, 0) is 62.3 Å². The standard InChI is InChI=1S/C17H30BrN/c1-19(11-16-10-14-5-6-15(16)9-14)13-17(12-18)7-3-2-4-8-17/h14-16H,2-13H2,1H3. The molecule has 2 bridgehead atoms. The lowest BCUT2D eigenvalue weighted by Crippen LogP contribution is -2.41. The molecule has 3 atom stereocenters. The van der Waals surface area contributed by atoms with Gasteiger partial charge in [0.15, 0.2) is 0 Å². The Morgan fingerprint density at radius 2 is 1.89 bits per heavy atom. The van der Waals surface area contributed by atoms with Gasteiger partial charge in [-0.3, -0.25) is 0 Å². The quantitative estimate of drug-likeness (QED) is 0.661. The molecular formula is C17H30BrN. The molecule has 3 rings (SSSR count). The molecule has 0 spiro atoms. The van der Waals surface area contributed by atoms with Gasteiger partial charge < -0.3 is 4.90 Å². The lowest BCUT2D eigenvalue weighted by atomic mass is 9.75. The van der Waals surface area contributed by atoms with Gasteiger partial charge in [0.2, 0.25) is 0 Å². The third-order valence-corrected chi connectivity index (χ3v) is 7.42. The van der Waals surface area contributed by atoms with E-state index in [-0.39, 0.29) is 0 Å². The van der Waals surface area contributed by atoms with Crippen molar-refractivity contribution < 1.29 is 0 Å². The Bertz CT molecular complexity index is 298. The third-order valence-electron chi connectivity index (χ3n) is 6.23. The van der Waals surface area contributed by atoms with Crippen LogP contribution in [0.4, 0.5) is 0 Å². The maximum atomic E-state index is 3.82. The minimum atomic E-state index is 0.588. The smallest absolute Gasteiger partial charge is 0.0100 e. The Morgan fingerprint density at radius 3 is 2.47 bits per heavy atom. The summed E-state index contributed by atoms with van der Waals surface area (Å²) in [5.41, 5.74) is 0.588. The van der Waals surface area contributed by atoms with Crippen LogP contribution < -0.4 is 0 Å². The lowest BCUT2D eigenvalue weighted by molar-refractivity contribution is 0.122. The fourth-order valence-electron chi connectivity index (χ4n) is 5.27. The van der Waals surface area contributed by atoms with Crippen LogP contribution in [0.1, 0.15) is 57.8 Å². The molecule has 0 amide bonds. The fraction of sp³-hybridized carbons (Fsp3) is 1.00. The molecule has 0 N–H and O–H groups in total. The van der Waals surface area contributed by atoms with Gasteiger partial charge >= 0.3 is 0 Å². The van der Waals surface area contributed by atoms with Crippen LogP contribution in [0.3, 0.4) is 0 Å². The molecule has 0 aromatic carbocycles. The molecule has 2 heteroatoms. The van der Waals surface area contributed by atoms with E-state index in [9.17, 15) is 0 Å². The van der Waals surface area contributed by atoms with Gasteiger partial charge in [0, 0.05) is 18.4 Å². The highest BCUT2D eigenvalue weighted by atomic mass is 79.9. The Hall–Kier alpha value is 0.440. The van der Waals surface area contributed by atoms with Crippen LogP contribution in [0.15, 0.2) is 0 Å². The number of fused-ring (bicyclic) bond motifs is 2. The minimum Gasteiger partial charge on any atom is -0.306 e. The summed E-state index contributed by atoms with van der Waals surface area (Å²) < 4.78 is 0. The van der Waals surface area contributed by atoms with Crippen LogP contribution in [0.25, 0.3) is 0 Å². The molecule has 3 aliphatic rings. The van der Waals surface area contributed by atoms with Crippen molar-refractivity contribution in [1.82, 2.24) is 4.90 Å². The maximum Gasteiger partial charge on any atom is 0.0100 e. The summed E-state index contributed by atoms with van der Waals surface area (Å²) in [6.07, 6.45) is 13.4. The average molecular weight is 328 g/mol. The molecule has 1 nitrogen and oxygen atoms in total. The predicted molar refractivity (Wildman–Crippen MR) is 85.7 cm³/mol. The zero-order chi connectivity index (χ0) is 13.3. The molecule has 0 radical (unpaired) electrons. The van der Waals surface area contributed by atoms with E-state index >= 15 is 0 Å². The summed E-state index contributed by atoms with van der Waals surface area (Å²) in [5, 5.41) is 1.21. The number of hydrogen-bond donors (Lipinski definition) is 0. The van der Waals surface area contributed by atoms with Gasteiger partial charge in [0.25, 0.3) is 0 Å². The van der Waals surface area contributed by atoms with Gasteiger partial charge in [0.1, 0.15) is 0 Å². The number of halogens is 1. The van der Waals surface area contributed by atoms with Crippen molar-refractivity contribution >= 4 is 15.9 Å². The monoisotopic (exact) mass is 327 g/mol. The highest BCUT2D eigenvalue weighted by Crippen LogP contribution is 2.48. The van der Waals surface area contributed by atoms with E-state index in [4.69, 9.17) is 0 Å². The van der Waals surface area contributed by atoms with E-state index in [0.29, 0.717) is 5.41 Å². The first-order valence-corrected chi connectivity index (χ1v) is 9.57. The van der Waals surface area contributed by atoms with E-state index in [1.165, 1.54) is 69.8 Å². The number of hydrogen-bond acceptors (Lipinski definition) is 1. The van der Waals surface area contributed by atoms with Crippen LogP contribution in [0.5, 0.6) is 0 Å². The predicted octanol–water partition coefficient (Wildman–Crippen LogP) is 4.70. The Morgan fingerprint density at radius 1 is 1.11 bits per heavy atom. The number of alkyl halides is 1. The molecule has 3 aliphatic carbocycles. The molecule has 3 saturated carbocycles. The van der Waals surface area contributed by atoms with Gasteiger partial charge in [-0.1, -0.05) is 41.6 Å². The normalized spacial score (nSPS) is 37.1. The molecule has 19 heavy (non-hydrogen) atoms. The zero-order valence-electron chi connectivity index (χ0n) is 12.5. The largest absolute Gasteiger partial charge is 0.306 e. The second kappa shape index (κ2) is 6.05. The SMILES string of the molecule is CN(CC1CC2CCC1C2)CC1(CBr)CCCCC1. The van der Waals surface area contributed by atoms with Crippen molar-refractivity contribution in [2.24, 2.45) is 23.2 Å². The molecule has 110 valence electrons. The summed E-state index contributed by atoms with van der Waals surface area (Å²) in [5.74, 6) is 3.21. The molecule has 0 aromatic rings. The first kappa shape index (κ1) is 14.4. The van der Waals surface area contributed by atoms with E-state index < -0.39 is 0 Å². The van der Waals surface area contributed by atoms with Crippen LogP contribution in [0.2, 0.25) is 0 Å². The van der Waals surface area contributed by atoms with Crippen molar-refractivity contribution in [3.05, 3.63) is 0 Å². The first-order valence-electron chi connectivity index (χ1n) is 8.45. The van der Waals surface area contributed by atoms with Gasteiger partial charge in [-0.15, -0.1) is 0 Å². The van der Waals surface area contributed by atoms with Crippen molar-refractivity contribution in [1.29, 1.82) is 0 Å². The number of nitrogens with zero attached hydrogens (tertiary/aromatic N) is 1. The van der Waals surface area contributed by atoms with E-state index in [1.54, 1.807) is 6.42 Å². The first-order chi connectivity index (χ1) is 9.21. The highest BCUT2D eigenvalue weighted by molar-refractivity contribution is 9.09. The minimum absolute atomic E-state index is 0.588. The summed E-state index contributed by atoms with van der Waals surface area (Å²) in [7, 11) is 2.38. The lowest BCUT2D eigenvalue weighted by Gasteiger charge is -2.40. The summed E-state index contributed by atoms with van der Waals surface area (Å²) in [6.45, 7) is 2.70. The highest BCUT2D eigenvalue weighted by Gasteiger charge is 2.40. The van der Waals surface area contributed by atoms with Crippen LogP contribution >= 0.6 is 15.9 Å². The van der Waals surface area contributed by atoms with E-state index in [1.807, 2.05) is 0 Å². The topological polar surface area (TPSA) is 3.24 Å². The average Bonchev–Trinajstić information content (AvgIpc) is 3.02. The fourth-order valence-corrected chi connectivity index (χ4v) is 6.01. The Labute approximate surface area is 127 Å². The molecule has 0 aromatic heterocycles. The maximum absolute atomic E-state index is 3.82. The van der Waals surface area contributed by atoms with Crippen molar-refractivity contribution in [3.63, 3.8) is 0 Å². The van der Waals surface area contributed by atoms with Gasteiger partial charge in [-0.2, -0.15) is 0 Å². The molecule has 0 saturated heterocycles. The summed E-state index contributed by atoms with van der Waals surface area (Å²) in [4.78, 5) is 2.68. The summed E-state index contributed by atoms with van der Waals surface area (Å²) >= 11 is 3.82. The second-order valence-corrected chi connectivity index (χ2v) is 8.39. The molecular weight excluding hydrogens is 298 g/mol. The van der Waals surface area contributed by atoms with E-state index in [2.05, 4.69) is 27.9 Å². The van der Waals surface area contributed by atoms with Crippen molar-refractivity contribution in [3.8, 4) is 0 Å². The third kappa shape index (κ3) is 3.20. The molecule has 3 unspecified atom stereocenters. The molecule has 0 aliphatic heterocycles. The van der Waals surface area contributed by atoms with Crippen LogP contribution in [0, 0.1) is 23.2 Å². The molecule has 3 fully saturated rings. The summed E-state index contributed by atoms with van der Waals surface area (Å²) in [6, 6.07) is 0. The molecule has 0 heterocycles. The Kier molecular flexibility index (Phi) is 4.58. The van der Waals surface area contributed by atoms with Gasteiger partial charge in [0.05, 0.1) is 0 Å². The van der Waals surface area contributed by atoms with Gasteiger partial charge in [-0.25, -0.2) is 0 Å². The van der Waals surface area contributed by atoms with Crippen LogP contribution in [-0.4, -0.2) is 30.4 Å². The Balaban J connectivity index is 1.51. The second-order valence-electron chi connectivity index (χ2n) is 7.83. The van der Waals surface area contributed by atoms with Crippen molar-refractivity contribution in [2.75, 3.05) is 25.5 Å². The zero-order valence-corrected chi connectivity index (χ0v) is 14.1.